The molecule has 1 heterocycles. The van der Waals surface area contributed by atoms with E-state index in [2.05, 4.69) is 5.32 Å². The number of methoxy groups -OCH3 is 2. The van der Waals surface area contributed by atoms with Gasteiger partial charge in [0.15, 0.2) is 17.3 Å². The summed E-state index contributed by atoms with van der Waals surface area (Å²) in [5, 5.41) is 3.42. The molecule has 0 radical (unpaired) electrons. The van der Waals surface area contributed by atoms with Crippen molar-refractivity contribution in [1.82, 2.24) is 5.32 Å². The second-order valence-corrected chi connectivity index (χ2v) is 10.5. The Morgan fingerprint density at radius 1 is 1.00 bits per heavy atom. The maximum atomic E-state index is 14.0. The second kappa shape index (κ2) is 12.0. The molecule has 1 N–H and O–H groups in total. The molecule has 0 fully saturated rings. The molecule has 2 aromatic carbocycles. The summed E-state index contributed by atoms with van der Waals surface area (Å²) < 4.78 is 22.9. The molecular formula is C32H39NO6. The molecule has 39 heavy (non-hydrogen) atoms. The van der Waals surface area contributed by atoms with Crippen molar-refractivity contribution in [2.45, 2.75) is 77.9 Å². The van der Waals surface area contributed by atoms with E-state index in [1.54, 1.807) is 14.2 Å². The van der Waals surface area contributed by atoms with E-state index in [0.29, 0.717) is 53.4 Å². The normalized spacial score (nSPS) is 19.8. The largest absolute Gasteiger partial charge is 0.493 e. The van der Waals surface area contributed by atoms with Gasteiger partial charge in [-0.05, 0) is 70.2 Å². The molecule has 0 amide bonds. The third kappa shape index (κ3) is 5.82. The average molecular weight is 534 g/mol. The molecule has 7 nitrogen and oxygen atoms in total. The molecule has 0 spiro atoms. The fourth-order valence-corrected chi connectivity index (χ4v) is 5.37. The van der Waals surface area contributed by atoms with Gasteiger partial charge in [-0.15, -0.1) is 0 Å². The summed E-state index contributed by atoms with van der Waals surface area (Å²) in [6, 6.07) is 13.4. The minimum Gasteiger partial charge on any atom is -0.493 e. The molecule has 0 saturated carbocycles. The number of carbonyl (C=O) groups is 2. The molecule has 3 atom stereocenters. The molecule has 0 aromatic heterocycles. The van der Waals surface area contributed by atoms with Crippen molar-refractivity contribution in [3.05, 3.63) is 76.1 Å². The first-order valence-electron chi connectivity index (χ1n) is 13.6. The fourth-order valence-electron chi connectivity index (χ4n) is 5.37. The van der Waals surface area contributed by atoms with Crippen LogP contribution in [-0.4, -0.2) is 38.2 Å². The van der Waals surface area contributed by atoms with Crippen LogP contribution in [0.5, 0.6) is 17.2 Å². The van der Waals surface area contributed by atoms with E-state index in [-0.39, 0.29) is 23.9 Å². The van der Waals surface area contributed by atoms with Crippen LogP contribution in [-0.2, 0) is 14.3 Å². The number of esters is 1. The highest BCUT2D eigenvalue weighted by atomic mass is 16.5. The fraction of sp³-hybridized carbons (Fsp3) is 0.438. The van der Waals surface area contributed by atoms with Crippen molar-refractivity contribution < 1.29 is 28.5 Å². The van der Waals surface area contributed by atoms with E-state index in [1.807, 2.05) is 77.1 Å². The number of ketones is 1. The Labute approximate surface area is 231 Å². The first-order chi connectivity index (χ1) is 18.7. The lowest BCUT2D eigenvalue weighted by atomic mass is 9.71. The molecular weight excluding hydrogens is 494 g/mol. The lowest BCUT2D eigenvalue weighted by Gasteiger charge is -2.37. The molecule has 0 bridgehead atoms. The van der Waals surface area contributed by atoms with Crippen molar-refractivity contribution >= 4 is 11.8 Å². The van der Waals surface area contributed by atoms with Gasteiger partial charge in [-0.1, -0.05) is 31.2 Å². The quantitative estimate of drug-likeness (QED) is 0.385. The van der Waals surface area contributed by atoms with Crippen LogP contribution in [0.2, 0.25) is 0 Å². The van der Waals surface area contributed by atoms with Crippen LogP contribution >= 0.6 is 0 Å². The average Bonchev–Trinajstić information content (AvgIpc) is 2.91. The Hall–Kier alpha value is -3.74. The molecule has 4 rings (SSSR count). The van der Waals surface area contributed by atoms with Crippen molar-refractivity contribution in [3.63, 3.8) is 0 Å². The lowest BCUT2D eigenvalue weighted by molar-refractivity contribution is -0.144. The van der Waals surface area contributed by atoms with Gasteiger partial charge in [-0.3, -0.25) is 4.79 Å². The van der Waals surface area contributed by atoms with Gasteiger partial charge in [-0.2, -0.15) is 0 Å². The van der Waals surface area contributed by atoms with E-state index in [0.717, 1.165) is 16.8 Å². The molecule has 1 aliphatic heterocycles. The van der Waals surface area contributed by atoms with E-state index < -0.39 is 11.9 Å². The Bertz CT molecular complexity index is 1310. The van der Waals surface area contributed by atoms with Gasteiger partial charge in [0.2, 0.25) is 0 Å². The van der Waals surface area contributed by atoms with Gasteiger partial charge in [0, 0.05) is 29.0 Å². The molecule has 0 saturated heterocycles. The molecule has 2 aromatic rings. The molecule has 7 heteroatoms. The van der Waals surface area contributed by atoms with Crippen LogP contribution in [0.4, 0.5) is 0 Å². The van der Waals surface area contributed by atoms with Gasteiger partial charge in [0.05, 0.1) is 37.9 Å². The lowest BCUT2D eigenvalue weighted by Crippen LogP contribution is -2.36. The van der Waals surface area contributed by atoms with Crippen molar-refractivity contribution in [1.29, 1.82) is 0 Å². The number of para-hydroxylation sites is 1. The zero-order valence-corrected chi connectivity index (χ0v) is 23.9. The number of rotatable bonds is 9. The SMILES string of the molecule is CC[C@@H](C)OC(=O)C1=C(C)NC2=C(C(=O)C[C@H](c3ccc(OC)c(OC)c3)C2)[C@@H]1c1ccccc1OC(C)C. The first-order valence-corrected chi connectivity index (χ1v) is 13.6. The smallest absolute Gasteiger partial charge is 0.337 e. The highest BCUT2D eigenvalue weighted by Crippen LogP contribution is 2.48. The molecule has 2 aliphatic rings. The highest BCUT2D eigenvalue weighted by molar-refractivity contribution is 6.04. The van der Waals surface area contributed by atoms with E-state index in [9.17, 15) is 9.59 Å². The van der Waals surface area contributed by atoms with Gasteiger partial charge >= 0.3 is 5.97 Å². The summed E-state index contributed by atoms with van der Waals surface area (Å²) >= 11 is 0. The standard InChI is InChI=1S/C32H39NO6/c1-8-19(4)39-32(35)29-20(5)33-24-15-22(21-13-14-27(36-6)28(17-21)37-7)16-25(34)31(24)30(29)23-11-9-10-12-26(23)38-18(2)3/h9-14,17-19,22,30,33H,8,15-16H2,1-7H3/t19-,22-,30-/m1/s1. The summed E-state index contributed by atoms with van der Waals surface area (Å²) in [5.74, 6) is 0.864. The van der Waals surface area contributed by atoms with E-state index in [4.69, 9.17) is 18.9 Å². The number of Topliss-reactive ketones (excluding diaryl/α,β-unsaturated/α-hetero) is 1. The maximum absolute atomic E-state index is 14.0. The van der Waals surface area contributed by atoms with Crippen LogP contribution in [0.3, 0.4) is 0 Å². The zero-order chi connectivity index (χ0) is 28.3. The number of hydrogen-bond acceptors (Lipinski definition) is 7. The minimum absolute atomic E-state index is 0.00535. The summed E-state index contributed by atoms with van der Waals surface area (Å²) in [7, 11) is 3.21. The van der Waals surface area contributed by atoms with Crippen molar-refractivity contribution in [3.8, 4) is 17.2 Å². The number of dihydropyridines is 1. The van der Waals surface area contributed by atoms with Crippen molar-refractivity contribution in [2.24, 2.45) is 0 Å². The molecule has 208 valence electrons. The summed E-state index contributed by atoms with van der Waals surface area (Å²) in [6.45, 7) is 9.64. The maximum Gasteiger partial charge on any atom is 0.337 e. The highest BCUT2D eigenvalue weighted by Gasteiger charge is 2.42. The number of nitrogens with one attached hydrogen (secondary N) is 1. The molecule has 0 unspecified atom stereocenters. The van der Waals surface area contributed by atoms with Crippen LogP contribution in [0.25, 0.3) is 0 Å². The van der Waals surface area contributed by atoms with Crippen LogP contribution < -0.4 is 19.5 Å². The Kier molecular flexibility index (Phi) is 8.68. The minimum atomic E-state index is -0.591. The second-order valence-electron chi connectivity index (χ2n) is 10.5. The zero-order valence-electron chi connectivity index (χ0n) is 23.9. The summed E-state index contributed by atoms with van der Waals surface area (Å²) in [5.41, 5.74) is 4.35. The topological polar surface area (TPSA) is 83.1 Å². The van der Waals surface area contributed by atoms with Gasteiger partial charge < -0.3 is 24.3 Å². The number of benzene rings is 2. The predicted molar refractivity (Wildman–Crippen MR) is 150 cm³/mol. The van der Waals surface area contributed by atoms with E-state index in [1.165, 1.54) is 0 Å². The predicted octanol–water partition coefficient (Wildman–Crippen LogP) is 6.19. The van der Waals surface area contributed by atoms with Gasteiger partial charge in [-0.25, -0.2) is 4.79 Å². The number of allylic oxidation sites excluding steroid dienone is 3. The number of hydrogen-bond donors (Lipinski definition) is 1. The van der Waals surface area contributed by atoms with Crippen LogP contribution in [0, 0.1) is 0 Å². The Balaban J connectivity index is 1.81. The van der Waals surface area contributed by atoms with Crippen LogP contribution in [0.1, 0.15) is 76.8 Å². The third-order valence-electron chi connectivity index (χ3n) is 7.40. The number of ether oxygens (including phenoxy) is 4. The van der Waals surface area contributed by atoms with Crippen molar-refractivity contribution in [2.75, 3.05) is 14.2 Å². The first kappa shape index (κ1) is 28.3. The monoisotopic (exact) mass is 533 g/mol. The van der Waals surface area contributed by atoms with Gasteiger partial charge in [0.1, 0.15) is 5.75 Å². The van der Waals surface area contributed by atoms with E-state index >= 15 is 0 Å². The van der Waals surface area contributed by atoms with Gasteiger partial charge in [0.25, 0.3) is 0 Å². The number of carbonyl (C=O) groups excluding carboxylic acids is 2. The van der Waals surface area contributed by atoms with Crippen LogP contribution in [0.15, 0.2) is 65.0 Å². The molecule has 1 aliphatic carbocycles. The Morgan fingerprint density at radius 2 is 1.72 bits per heavy atom. The Morgan fingerprint density at radius 3 is 2.38 bits per heavy atom. The summed E-state index contributed by atoms with van der Waals surface area (Å²) in [4.78, 5) is 27.6. The summed E-state index contributed by atoms with van der Waals surface area (Å²) in [6.07, 6.45) is 1.31. The third-order valence-corrected chi connectivity index (χ3v) is 7.40.